The molecule has 1 aliphatic heterocycles. The van der Waals surface area contributed by atoms with E-state index in [1.165, 1.54) is 77.0 Å². The highest BCUT2D eigenvalue weighted by Crippen LogP contribution is 2.28. The number of unbranched alkanes of at least 4 members (excludes halogenated alkanes) is 22. The van der Waals surface area contributed by atoms with Gasteiger partial charge >= 0.3 is 23.6 Å². The molecule has 1 aliphatic rings. The van der Waals surface area contributed by atoms with Crippen molar-refractivity contribution < 1.29 is 48.3 Å². The summed E-state index contributed by atoms with van der Waals surface area (Å²) in [7, 11) is 0. The first-order valence-electron chi connectivity index (χ1n) is 25.9. The Balaban J connectivity index is 1.78. The molecule has 2 heterocycles. The summed E-state index contributed by atoms with van der Waals surface area (Å²) in [6.45, 7) is 3.20. The lowest BCUT2D eigenvalue weighted by atomic mass is 10.1. The van der Waals surface area contributed by atoms with Gasteiger partial charge in [0, 0.05) is 31.5 Å². The van der Waals surface area contributed by atoms with Crippen LogP contribution in [0, 0.1) is 0 Å². The summed E-state index contributed by atoms with van der Waals surface area (Å²) in [5.74, 6) is -2.41. The Morgan fingerprint density at radius 3 is 1.55 bits per heavy atom. The van der Waals surface area contributed by atoms with Crippen molar-refractivity contribution in [2.75, 3.05) is 19.8 Å². The van der Waals surface area contributed by atoms with Gasteiger partial charge < -0.3 is 34.5 Å². The number of rotatable bonds is 41. The number of H-pyrrole nitrogens is 1. The number of hydrogen-bond acceptors (Lipinski definition) is 12. The number of amides is 1. The second kappa shape index (κ2) is 38.8. The molecular weight excluding hydrogens is 859 g/mol. The summed E-state index contributed by atoms with van der Waals surface area (Å²) >= 11 is 0. The molecule has 0 aromatic carbocycles. The standard InChI is InChI=1S/C52H87N3O12/c1-3-5-7-9-11-13-15-17-19-21-23-25-27-29-31-33-46(59)64-40-42(41-65-47(60)34-32-30-28-26-24-22-20-18-16-14-12-10-8-6-4-2)66-48(61)36-35-44(57)53-49-50(62)43(39-56)67-51(49)55-38-37-45(58)54-52(55)63/h17-20,37-38,42-43,49-51,56,62H,3-16,21-36,39-41H2,1-2H3,(H,53,57)(H,54,58,63)/b19-17-,20-18-/t43?,49-,50-,51?/m0/s1. The Bertz CT molecular complexity index is 1600. The van der Waals surface area contributed by atoms with Crippen LogP contribution in [0.15, 0.2) is 46.2 Å². The third-order valence-electron chi connectivity index (χ3n) is 12.0. The number of carbonyl (C=O) groups is 4. The number of aromatic nitrogens is 2. The second-order valence-corrected chi connectivity index (χ2v) is 18.0. The van der Waals surface area contributed by atoms with Crippen molar-refractivity contribution >= 4 is 23.8 Å². The van der Waals surface area contributed by atoms with Gasteiger partial charge in [0.2, 0.25) is 5.91 Å². The number of nitrogens with one attached hydrogen (secondary N) is 2. The fourth-order valence-corrected chi connectivity index (χ4v) is 7.95. The molecule has 1 aromatic rings. The van der Waals surface area contributed by atoms with Gasteiger partial charge in [-0.25, -0.2) is 4.79 Å². The van der Waals surface area contributed by atoms with Gasteiger partial charge in [-0.15, -0.1) is 0 Å². The molecule has 4 N–H and O–H groups in total. The Labute approximate surface area is 400 Å². The van der Waals surface area contributed by atoms with E-state index in [1.807, 2.05) is 0 Å². The topological polar surface area (TPSA) is 213 Å². The minimum Gasteiger partial charge on any atom is -0.462 e. The third kappa shape index (κ3) is 28.8. The molecule has 0 bridgehead atoms. The van der Waals surface area contributed by atoms with E-state index in [9.17, 15) is 39.0 Å². The molecule has 1 saturated heterocycles. The molecule has 67 heavy (non-hydrogen) atoms. The van der Waals surface area contributed by atoms with Gasteiger partial charge in [0.05, 0.1) is 13.0 Å². The van der Waals surface area contributed by atoms with Crippen LogP contribution < -0.4 is 16.6 Å². The number of aliphatic hydroxyl groups is 2. The molecular formula is C52H87N3O12. The average molecular weight is 946 g/mol. The van der Waals surface area contributed by atoms with E-state index >= 15 is 0 Å². The highest BCUT2D eigenvalue weighted by atomic mass is 16.6. The van der Waals surface area contributed by atoms with Gasteiger partial charge in [-0.2, -0.15) is 0 Å². The summed E-state index contributed by atoms with van der Waals surface area (Å²) in [6, 6.07) is -0.138. The van der Waals surface area contributed by atoms with E-state index in [1.54, 1.807) is 0 Å². The number of carbonyl (C=O) groups excluding carboxylic acids is 4. The predicted octanol–water partition coefficient (Wildman–Crippen LogP) is 9.13. The van der Waals surface area contributed by atoms with E-state index in [0.29, 0.717) is 12.8 Å². The SMILES string of the molecule is CCCCCCCC/C=C\CCCCCCCC(=O)OCC(COC(=O)CCCCCCC/C=C\CCCCCCCC)OC(=O)CCC(=O)N[C@@H]1C(n2ccc(=O)[nH]c2=O)OC(CO)[C@@H]1O. The van der Waals surface area contributed by atoms with Crippen LogP contribution in [0.2, 0.25) is 0 Å². The van der Waals surface area contributed by atoms with Crippen LogP contribution in [0.3, 0.4) is 0 Å². The number of ether oxygens (including phenoxy) is 4. The first-order chi connectivity index (χ1) is 32.6. The molecule has 15 nitrogen and oxygen atoms in total. The minimum absolute atomic E-state index is 0.203. The summed E-state index contributed by atoms with van der Waals surface area (Å²) in [5.41, 5.74) is -1.50. The molecule has 0 aliphatic carbocycles. The third-order valence-corrected chi connectivity index (χ3v) is 12.0. The lowest BCUT2D eigenvalue weighted by Crippen LogP contribution is -2.48. The van der Waals surface area contributed by atoms with Crippen molar-refractivity contribution in [3.8, 4) is 0 Å². The van der Waals surface area contributed by atoms with Gasteiger partial charge in [-0.05, 0) is 64.2 Å². The summed E-state index contributed by atoms with van der Waals surface area (Å²) in [5, 5.41) is 23.0. The van der Waals surface area contributed by atoms with Crippen LogP contribution in [0.1, 0.15) is 213 Å². The van der Waals surface area contributed by atoms with Gasteiger partial charge in [-0.1, -0.05) is 141 Å². The van der Waals surface area contributed by atoms with Gasteiger partial charge in [0.15, 0.2) is 12.3 Å². The van der Waals surface area contributed by atoms with Crippen LogP contribution in [-0.4, -0.2) is 87.8 Å². The quantitative estimate of drug-likeness (QED) is 0.0210. The van der Waals surface area contributed by atoms with E-state index < -0.39 is 85.1 Å². The monoisotopic (exact) mass is 946 g/mol. The Kier molecular flexibility index (Phi) is 34.2. The number of hydrogen-bond donors (Lipinski definition) is 4. The number of allylic oxidation sites excluding steroid dienone is 4. The summed E-state index contributed by atoms with van der Waals surface area (Å²) in [4.78, 5) is 77.4. The predicted molar refractivity (Wildman–Crippen MR) is 260 cm³/mol. The van der Waals surface area contributed by atoms with Crippen LogP contribution >= 0.6 is 0 Å². The zero-order chi connectivity index (χ0) is 48.7. The second-order valence-electron chi connectivity index (χ2n) is 18.0. The highest BCUT2D eigenvalue weighted by Gasteiger charge is 2.45. The van der Waals surface area contributed by atoms with Crippen molar-refractivity contribution in [1.29, 1.82) is 0 Å². The first-order valence-corrected chi connectivity index (χ1v) is 25.9. The number of esters is 3. The van der Waals surface area contributed by atoms with Crippen molar-refractivity contribution in [2.24, 2.45) is 0 Å². The molecule has 0 radical (unpaired) electrons. The van der Waals surface area contributed by atoms with Crippen molar-refractivity contribution in [2.45, 2.75) is 237 Å². The maximum Gasteiger partial charge on any atom is 0.330 e. The maximum absolute atomic E-state index is 13.0. The zero-order valence-electron chi connectivity index (χ0n) is 41.1. The fraction of sp³-hybridized carbons (Fsp3) is 0.769. The Morgan fingerprint density at radius 2 is 1.10 bits per heavy atom. The Morgan fingerprint density at radius 1 is 0.657 bits per heavy atom. The fourth-order valence-electron chi connectivity index (χ4n) is 7.95. The maximum atomic E-state index is 13.0. The number of nitrogens with zero attached hydrogens (tertiary/aromatic N) is 1. The van der Waals surface area contributed by atoms with Gasteiger partial charge in [0.1, 0.15) is 31.5 Å². The highest BCUT2D eigenvalue weighted by molar-refractivity contribution is 5.81. The molecule has 2 unspecified atom stereocenters. The lowest BCUT2D eigenvalue weighted by Gasteiger charge is -2.23. The van der Waals surface area contributed by atoms with E-state index in [-0.39, 0.29) is 26.1 Å². The van der Waals surface area contributed by atoms with Crippen molar-refractivity contribution in [1.82, 2.24) is 14.9 Å². The van der Waals surface area contributed by atoms with E-state index in [2.05, 4.69) is 48.5 Å². The van der Waals surface area contributed by atoms with E-state index in [4.69, 9.17) is 18.9 Å². The largest absolute Gasteiger partial charge is 0.462 e. The molecule has 0 spiro atoms. The van der Waals surface area contributed by atoms with Crippen LogP contribution in [0.25, 0.3) is 0 Å². The normalized spacial score (nSPS) is 17.1. The van der Waals surface area contributed by atoms with E-state index in [0.717, 1.165) is 93.9 Å². The molecule has 4 atom stereocenters. The molecule has 1 aromatic heterocycles. The van der Waals surface area contributed by atoms with Crippen LogP contribution in [0.4, 0.5) is 0 Å². The first kappa shape index (κ1) is 59.0. The van der Waals surface area contributed by atoms with Crippen molar-refractivity contribution in [3.05, 3.63) is 57.4 Å². The molecule has 1 fully saturated rings. The lowest BCUT2D eigenvalue weighted by molar-refractivity contribution is -0.167. The number of aliphatic hydroxyl groups excluding tert-OH is 2. The smallest absolute Gasteiger partial charge is 0.330 e. The van der Waals surface area contributed by atoms with Gasteiger partial charge in [-0.3, -0.25) is 33.5 Å². The van der Waals surface area contributed by atoms with Gasteiger partial charge in [0.25, 0.3) is 5.56 Å². The molecule has 382 valence electrons. The summed E-state index contributed by atoms with van der Waals surface area (Å²) in [6.07, 6.45) is 34.6. The minimum atomic E-state index is -1.42. The average Bonchev–Trinajstić information content (AvgIpc) is 3.62. The molecule has 15 heteroatoms. The Hall–Kier alpha value is -4.08. The molecule has 1 amide bonds. The van der Waals surface area contributed by atoms with Crippen LogP contribution in [-0.2, 0) is 38.1 Å². The van der Waals surface area contributed by atoms with Crippen LogP contribution in [0.5, 0.6) is 0 Å². The summed E-state index contributed by atoms with van der Waals surface area (Å²) < 4.78 is 23.0. The molecule has 2 rings (SSSR count). The van der Waals surface area contributed by atoms with Crippen molar-refractivity contribution in [3.63, 3.8) is 0 Å². The molecule has 0 saturated carbocycles. The number of aromatic amines is 1. The zero-order valence-corrected chi connectivity index (χ0v) is 41.1.